The molecule has 0 amide bonds. The smallest absolute Gasteiger partial charge is 0.164 e. The third kappa shape index (κ3) is 5.25. The molecule has 0 fully saturated rings. The van der Waals surface area contributed by atoms with E-state index in [0.717, 1.165) is 5.69 Å². The van der Waals surface area contributed by atoms with E-state index in [1.54, 1.807) is 18.2 Å². The fourth-order valence-corrected chi connectivity index (χ4v) is 2.96. The van der Waals surface area contributed by atoms with E-state index >= 15 is 0 Å². The molecule has 0 spiro atoms. The molecule has 4 aromatic rings. The number of nitrogens with one attached hydrogen (secondary N) is 2. The first-order valence-electron chi connectivity index (χ1n) is 10.1. The quantitative estimate of drug-likeness (QED) is 0.371. The summed E-state index contributed by atoms with van der Waals surface area (Å²) in [6, 6.07) is 12.4. The summed E-state index contributed by atoms with van der Waals surface area (Å²) in [5.74, 6) is 1.16. The SMILES string of the molecule is CC.Cc1cc(Nc2nc(C(O)c3ccc(F)cc3)nc3cc(OCC=O)ccc23)n[nH]1. The highest BCUT2D eigenvalue weighted by Gasteiger charge is 2.18. The van der Waals surface area contributed by atoms with Crippen LogP contribution in [-0.4, -0.2) is 38.2 Å². The van der Waals surface area contributed by atoms with Crippen LogP contribution in [0.15, 0.2) is 48.5 Å². The largest absolute Gasteiger partial charge is 0.486 e. The summed E-state index contributed by atoms with van der Waals surface area (Å²) in [4.78, 5) is 19.5. The van der Waals surface area contributed by atoms with Crippen LogP contribution in [0.1, 0.15) is 37.0 Å². The number of hydrogen-bond acceptors (Lipinski definition) is 7. The molecule has 2 heterocycles. The maximum absolute atomic E-state index is 13.2. The number of aliphatic hydroxyl groups excluding tert-OH is 1. The first-order chi connectivity index (χ1) is 15.5. The molecule has 2 aromatic heterocycles. The van der Waals surface area contributed by atoms with Crippen molar-refractivity contribution in [2.45, 2.75) is 26.9 Å². The van der Waals surface area contributed by atoms with Crippen molar-refractivity contribution >= 4 is 28.8 Å². The summed E-state index contributed by atoms with van der Waals surface area (Å²) >= 11 is 0. The number of fused-ring (bicyclic) bond motifs is 1. The summed E-state index contributed by atoms with van der Waals surface area (Å²) in [6.07, 6.45) is -0.517. The molecular formula is C23H24FN5O3. The number of rotatable bonds is 7. The van der Waals surface area contributed by atoms with Gasteiger partial charge >= 0.3 is 0 Å². The number of carbonyl (C=O) groups is 1. The number of aromatic amines is 1. The highest BCUT2D eigenvalue weighted by atomic mass is 19.1. The molecule has 0 saturated heterocycles. The van der Waals surface area contributed by atoms with E-state index in [1.165, 1.54) is 24.3 Å². The fraction of sp³-hybridized carbons (Fsp3) is 0.217. The predicted octanol–water partition coefficient (Wildman–Crippen LogP) is 4.23. The Labute approximate surface area is 184 Å². The number of aryl methyl sites for hydroxylation is 1. The van der Waals surface area contributed by atoms with Crippen molar-refractivity contribution in [3.05, 3.63) is 71.4 Å². The first-order valence-corrected chi connectivity index (χ1v) is 10.1. The summed E-state index contributed by atoms with van der Waals surface area (Å²) in [5, 5.41) is 21.6. The summed E-state index contributed by atoms with van der Waals surface area (Å²) in [5.41, 5.74) is 1.82. The molecule has 0 aliphatic carbocycles. The van der Waals surface area contributed by atoms with Gasteiger partial charge in [0.15, 0.2) is 17.9 Å². The molecule has 8 nitrogen and oxygen atoms in total. The van der Waals surface area contributed by atoms with Crippen molar-refractivity contribution in [3.63, 3.8) is 0 Å². The van der Waals surface area contributed by atoms with E-state index in [2.05, 4.69) is 25.5 Å². The maximum Gasteiger partial charge on any atom is 0.164 e. The van der Waals surface area contributed by atoms with Gasteiger partial charge in [0, 0.05) is 23.2 Å². The normalized spacial score (nSPS) is 11.4. The Morgan fingerprint density at radius 3 is 2.56 bits per heavy atom. The van der Waals surface area contributed by atoms with Crippen LogP contribution < -0.4 is 10.1 Å². The van der Waals surface area contributed by atoms with Gasteiger partial charge in [-0.1, -0.05) is 26.0 Å². The number of carbonyl (C=O) groups excluding carboxylic acids is 1. The van der Waals surface area contributed by atoms with E-state index in [9.17, 15) is 14.3 Å². The molecular weight excluding hydrogens is 413 g/mol. The Hall–Kier alpha value is -3.85. The molecule has 1 atom stereocenters. The first kappa shape index (κ1) is 22.8. The maximum atomic E-state index is 13.2. The van der Waals surface area contributed by atoms with Crippen molar-refractivity contribution in [1.29, 1.82) is 0 Å². The highest BCUT2D eigenvalue weighted by Crippen LogP contribution is 2.29. The molecule has 0 saturated carbocycles. The minimum absolute atomic E-state index is 0.0840. The lowest BCUT2D eigenvalue weighted by atomic mass is 10.1. The van der Waals surface area contributed by atoms with Gasteiger partial charge in [-0.3, -0.25) is 9.89 Å². The number of hydrogen-bond donors (Lipinski definition) is 3. The summed E-state index contributed by atoms with van der Waals surface area (Å²) in [7, 11) is 0. The molecule has 166 valence electrons. The Balaban J connectivity index is 0.00000141. The third-order valence-corrected chi connectivity index (χ3v) is 4.39. The zero-order valence-corrected chi connectivity index (χ0v) is 18.0. The molecule has 1 unspecified atom stereocenters. The average molecular weight is 437 g/mol. The van der Waals surface area contributed by atoms with Gasteiger partial charge in [-0.15, -0.1) is 0 Å². The van der Waals surface area contributed by atoms with E-state index in [0.29, 0.717) is 40.1 Å². The van der Waals surface area contributed by atoms with Crippen LogP contribution in [0.25, 0.3) is 10.9 Å². The van der Waals surface area contributed by atoms with E-state index in [4.69, 9.17) is 4.74 Å². The summed E-state index contributed by atoms with van der Waals surface area (Å²) in [6.45, 7) is 5.79. The van der Waals surface area contributed by atoms with E-state index < -0.39 is 11.9 Å². The molecule has 3 N–H and O–H groups in total. The number of nitrogens with zero attached hydrogens (tertiary/aromatic N) is 3. The number of aldehydes is 1. The third-order valence-electron chi connectivity index (χ3n) is 4.39. The number of aliphatic hydroxyl groups is 1. The van der Waals surface area contributed by atoms with Crippen molar-refractivity contribution in [2.75, 3.05) is 11.9 Å². The fourth-order valence-electron chi connectivity index (χ4n) is 2.96. The zero-order valence-electron chi connectivity index (χ0n) is 18.0. The van der Waals surface area contributed by atoms with E-state index in [1.807, 2.05) is 26.8 Å². The molecule has 2 aromatic carbocycles. The number of aromatic nitrogens is 4. The monoisotopic (exact) mass is 437 g/mol. The molecule has 0 aliphatic rings. The Kier molecular flexibility index (Phi) is 7.45. The Bertz CT molecular complexity index is 1190. The Morgan fingerprint density at radius 1 is 1.16 bits per heavy atom. The minimum Gasteiger partial charge on any atom is -0.486 e. The minimum atomic E-state index is -1.17. The molecule has 4 rings (SSSR count). The van der Waals surface area contributed by atoms with Crippen molar-refractivity contribution in [3.8, 4) is 5.75 Å². The zero-order chi connectivity index (χ0) is 23.1. The van der Waals surface area contributed by atoms with Gasteiger partial charge in [-0.25, -0.2) is 14.4 Å². The second-order valence-electron chi connectivity index (χ2n) is 6.60. The van der Waals surface area contributed by atoms with Crippen LogP contribution in [0.5, 0.6) is 5.75 Å². The van der Waals surface area contributed by atoms with Gasteiger partial charge in [0.25, 0.3) is 0 Å². The lowest BCUT2D eigenvalue weighted by molar-refractivity contribution is -0.109. The molecule has 32 heavy (non-hydrogen) atoms. The lowest BCUT2D eigenvalue weighted by Crippen LogP contribution is -2.08. The number of anilines is 2. The van der Waals surface area contributed by atoms with Crippen molar-refractivity contribution < 1.29 is 19.0 Å². The number of ether oxygens (including phenoxy) is 1. The van der Waals surface area contributed by atoms with Gasteiger partial charge in [0.2, 0.25) is 0 Å². The van der Waals surface area contributed by atoms with Crippen LogP contribution in [0, 0.1) is 12.7 Å². The average Bonchev–Trinajstić information content (AvgIpc) is 3.23. The van der Waals surface area contributed by atoms with E-state index in [-0.39, 0.29) is 12.4 Å². The van der Waals surface area contributed by atoms with Gasteiger partial charge < -0.3 is 15.2 Å². The highest BCUT2D eigenvalue weighted by molar-refractivity contribution is 5.91. The van der Waals surface area contributed by atoms with Crippen LogP contribution in [0.3, 0.4) is 0 Å². The Morgan fingerprint density at radius 2 is 1.91 bits per heavy atom. The topological polar surface area (TPSA) is 113 Å². The molecule has 0 radical (unpaired) electrons. The van der Waals surface area contributed by atoms with Crippen LogP contribution in [0.2, 0.25) is 0 Å². The van der Waals surface area contributed by atoms with Crippen LogP contribution >= 0.6 is 0 Å². The predicted molar refractivity (Wildman–Crippen MR) is 120 cm³/mol. The number of H-pyrrole nitrogens is 1. The summed E-state index contributed by atoms with van der Waals surface area (Å²) < 4.78 is 18.6. The van der Waals surface area contributed by atoms with Crippen LogP contribution in [0.4, 0.5) is 16.0 Å². The molecule has 0 bridgehead atoms. The standard InChI is InChI=1S/C21H18FN5O3.C2H6/c1-12-10-18(27-26-12)24-20-16-7-6-15(30-9-8-28)11-17(16)23-21(25-20)19(29)13-2-4-14(22)5-3-13;1-2/h2-8,10-11,19,29H,9H2,1H3,(H2,23,24,25,26,27);1-2H3. The van der Waals surface area contributed by atoms with Gasteiger partial charge in [-0.05, 0) is 36.8 Å². The number of halogens is 1. The second-order valence-corrected chi connectivity index (χ2v) is 6.60. The van der Waals surface area contributed by atoms with Gasteiger partial charge in [0.05, 0.1) is 5.52 Å². The van der Waals surface area contributed by atoms with Gasteiger partial charge in [-0.2, -0.15) is 5.10 Å². The second kappa shape index (κ2) is 10.5. The molecule has 0 aliphatic heterocycles. The molecule has 9 heteroatoms. The van der Waals surface area contributed by atoms with Crippen molar-refractivity contribution in [1.82, 2.24) is 20.2 Å². The van der Waals surface area contributed by atoms with Gasteiger partial charge in [0.1, 0.15) is 30.1 Å². The lowest BCUT2D eigenvalue weighted by Gasteiger charge is -2.14. The van der Waals surface area contributed by atoms with Crippen LogP contribution in [-0.2, 0) is 4.79 Å². The number of benzene rings is 2. The van der Waals surface area contributed by atoms with Crippen molar-refractivity contribution in [2.24, 2.45) is 0 Å².